The third-order valence-corrected chi connectivity index (χ3v) is 4.12. The number of aliphatic hydroxyl groups is 1. The molecule has 1 fully saturated rings. The number of carbonyl (C=O) groups is 2. The molecule has 7 heteroatoms. The maximum atomic E-state index is 12.2. The van der Waals surface area contributed by atoms with Crippen molar-refractivity contribution in [2.75, 3.05) is 26.2 Å². The van der Waals surface area contributed by atoms with Crippen LogP contribution < -0.4 is 5.32 Å². The number of nitrogens with one attached hydrogen (secondary N) is 2. The first kappa shape index (κ1) is 16.0. The minimum absolute atomic E-state index is 0.0261. The second kappa shape index (κ2) is 7.61. The number of likely N-dealkylation sites (tertiary alicyclic amines) is 1. The summed E-state index contributed by atoms with van der Waals surface area (Å²) in [6.45, 7) is 1.77. The van der Waals surface area contributed by atoms with Crippen molar-refractivity contribution < 1.29 is 14.7 Å². The number of amides is 2. The van der Waals surface area contributed by atoms with Crippen LogP contribution in [0.4, 0.5) is 0 Å². The van der Waals surface area contributed by atoms with Crippen molar-refractivity contribution in [3.63, 3.8) is 0 Å². The Hall–Kier alpha value is -1.34. The van der Waals surface area contributed by atoms with Gasteiger partial charge >= 0.3 is 0 Å². The minimum Gasteiger partial charge on any atom is -0.396 e. The minimum atomic E-state index is -0.0388. The van der Waals surface area contributed by atoms with E-state index in [1.807, 2.05) is 0 Å². The van der Waals surface area contributed by atoms with E-state index in [0.29, 0.717) is 44.6 Å². The molecule has 0 spiro atoms. The smallest absolute Gasteiger partial charge is 0.270 e. The SMILES string of the molecule is O=C(NCCCO)C1CCN(C(=O)c2cc(Br)c[nH]2)CC1. The van der Waals surface area contributed by atoms with E-state index in [-0.39, 0.29) is 24.3 Å². The summed E-state index contributed by atoms with van der Waals surface area (Å²) in [4.78, 5) is 28.9. The molecule has 21 heavy (non-hydrogen) atoms. The largest absolute Gasteiger partial charge is 0.396 e. The van der Waals surface area contributed by atoms with Crippen LogP contribution in [0.25, 0.3) is 0 Å². The van der Waals surface area contributed by atoms with Gasteiger partial charge in [-0.3, -0.25) is 9.59 Å². The molecule has 1 aromatic rings. The summed E-state index contributed by atoms with van der Waals surface area (Å²) in [7, 11) is 0. The maximum absolute atomic E-state index is 12.2. The van der Waals surface area contributed by atoms with Crippen LogP contribution in [-0.4, -0.2) is 53.0 Å². The second-order valence-electron chi connectivity index (χ2n) is 5.17. The van der Waals surface area contributed by atoms with E-state index in [0.717, 1.165) is 4.47 Å². The van der Waals surface area contributed by atoms with Crippen molar-refractivity contribution in [1.82, 2.24) is 15.2 Å². The van der Waals surface area contributed by atoms with E-state index in [1.54, 1.807) is 17.2 Å². The molecule has 1 aromatic heterocycles. The fraction of sp³-hybridized carbons (Fsp3) is 0.571. The van der Waals surface area contributed by atoms with Gasteiger partial charge in [0.15, 0.2) is 0 Å². The fourth-order valence-electron chi connectivity index (χ4n) is 2.44. The molecule has 2 rings (SSSR count). The van der Waals surface area contributed by atoms with Crippen LogP contribution in [0.15, 0.2) is 16.7 Å². The van der Waals surface area contributed by atoms with E-state index in [9.17, 15) is 9.59 Å². The predicted octanol–water partition coefficient (Wildman–Crippen LogP) is 1.13. The molecule has 0 saturated carbocycles. The molecule has 0 unspecified atom stereocenters. The van der Waals surface area contributed by atoms with Crippen molar-refractivity contribution in [2.45, 2.75) is 19.3 Å². The number of carbonyl (C=O) groups excluding carboxylic acids is 2. The number of hydrogen-bond donors (Lipinski definition) is 3. The lowest BCUT2D eigenvalue weighted by atomic mass is 9.95. The number of H-pyrrole nitrogens is 1. The van der Waals surface area contributed by atoms with Gasteiger partial charge in [-0.15, -0.1) is 0 Å². The zero-order valence-electron chi connectivity index (χ0n) is 11.8. The van der Waals surface area contributed by atoms with Gasteiger partial charge < -0.3 is 20.3 Å². The summed E-state index contributed by atoms with van der Waals surface area (Å²) in [5, 5.41) is 11.5. The highest BCUT2D eigenvalue weighted by molar-refractivity contribution is 9.10. The first-order valence-corrected chi connectivity index (χ1v) is 7.93. The van der Waals surface area contributed by atoms with Crippen LogP contribution in [0.2, 0.25) is 0 Å². The zero-order valence-corrected chi connectivity index (χ0v) is 13.4. The third-order valence-electron chi connectivity index (χ3n) is 3.67. The van der Waals surface area contributed by atoms with Crippen LogP contribution in [0.1, 0.15) is 29.8 Å². The lowest BCUT2D eigenvalue weighted by molar-refractivity contribution is -0.126. The Balaban J connectivity index is 1.80. The molecule has 116 valence electrons. The summed E-state index contributed by atoms with van der Waals surface area (Å²) in [5.74, 6) is -0.0406. The van der Waals surface area contributed by atoms with Gasteiger partial charge in [-0.2, -0.15) is 0 Å². The van der Waals surface area contributed by atoms with Crippen LogP contribution >= 0.6 is 15.9 Å². The fourth-order valence-corrected chi connectivity index (χ4v) is 2.78. The van der Waals surface area contributed by atoms with Crippen molar-refractivity contribution in [3.05, 3.63) is 22.4 Å². The van der Waals surface area contributed by atoms with Gasteiger partial charge in [-0.25, -0.2) is 0 Å². The summed E-state index contributed by atoms with van der Waals surface area (Å²) in [6, 6.07) is 1.76. The van der Waals surface area contributed by atoms with Gasteiger partial charge in [-0.05, 0) is 41.3 Å². The Morgan fingerprint density at radius 1 is 1.43 bits per heavy atom. The van der Waals surface area contributed by atoms with Crippen LogP contribution in [0, 0.1) is 5.92 Å². The Kier molecular flexibility index (Phi) is 5.81. The molecule has 0 aromatic carbocycles. The highest BCUT2D eigenvalue weighted by Gasteiger charge is 2.28. The monoisotopic (exact) mass is 357 g/mol. The molecule has 3 N–H and O–H groups in total. The number of rotatable bonds is 5. The van der Waals surface area contributed by atoms with Crippen LogP contribution in [0.5, 0.6) is 0 Å². The number of aromatic nitrogens is 1. The van der Waals surface area contributed by atoms with Crippen LogP contribution in [-0.2, 0) is 4.79 Å². The quantitative estimate of drug-likeness (QED) is 0.690. The molecule has 0 bridgehead atoms. The van der Waals surface area contributed by atoms with Crippen molar-refractivity contribution in [1.29, 1.82) is 0 Å². The van der Waals surface area contributed by atoms with Gasteiger partial charge in [0, 0.05) is 42.8 Å². The molecular formula is C14H20BrN3O3. The Bertz CT molecular complexity index is 495. The van der Waals surface area contributed by atoms with Crippen molar-refractivity contribution in [3.8, 4) is 0 Å². The number of halogens is 1. The molecule has 0 atom stereocenters. The molecule has 1 aliphatic heterocycles. The normalized spacial score (nSPS) is 16.0. The lowest BCUT2D eigenvalue weighted by Crippen LogP contribution is -2.43. The third kappa shape index (κ3) is 4.31. The van der Waals surface area contributed by atoms with Gasteiger partial charge in [0.05, 0.1) is 0 Å². The first-order chi connectivity index (χ1) is 10.1. The van der Waals surface area contributed by atoms with E-state index < -0.39 is 0 Å². The average molecular weight is 358 g/mol. The Morgan fingerprint density at radius 3 is 2.71 bits per heavy atom. The summed E-state index contributed by atoms with van der Waals surface area (Å²) in [6.07, 6.45) is 3.66. The van der Waals surface area contributed by atoms with E-state index in [1.165, 1.54) is 0 Å². The molecule has 0 aliphatic carbocycles. The average Bonchev–Trinajstić information content (AvgIpc) is 2.93. The van der Waals surface area contributed by atoms with E-state index in [2.05, 4.69) is 26.2 Å². The van der Waals surface area contributed by atoms with Crippen molar-refractivity contribution >= 4 is 27.7 Å². The lowest BCUT2D eigenvalue weighted by Gasteiger charge is -2.31. The van der Waals surface area contributed by atoms with E-state index in [4.69, 9.17) is 5.11 Å². The number of nitrogens with zero attached hydrogens (tertiary/aromatic N) is 1. The second-order valence-corrected chi connectivity index (χ2v) is 6.08. The number of piperidine rings is 1. The highest BCUT2D eigenvalue weighted by Crippen LogP contribution is 2.20. The van der Waals surface area contributed by atoms with Gasteiger partial charge in [0.25, 0.3) is 5.91 Å². The molecule has 6 nitrogen and oxygen atoms in total. The summed E-state index contributed by atoms with van der Waals surface area (Å²) < 4.78 is 0.851. The van der Waals surface area contributed by atoms with Crippen LogP contribution in [0.3, 0.4) is 0 Å². The van der Waals surface area contributed by atoms with Gasteiger partial charge in [-0.1, -0.05) is 0 Å². The zero-order chi connectivity index (χ0) is 15.2. The predicted molar refractivity (Wildman–Crippen MR) is 81.8 cm³/mol. The van der Waals surface area contributed by atoms with Crippen molar-refractivity contribution in [2.24, 2.45) is 5.92 Å². The topological polar surface area (TPSA) is 85.4 Å². The molecule has 2 amide bonds. The first-order valence-electron chi connectivity index (χ1n) is 7.13. The number of aliphatic hydroxyl groups excluding tert-OH is 1. The number of hydrogen-bond acceptors (Lipinski definition) is 3. The molecular weight excluding hydrogens is 338 g/mol. The molecule has 0 radical (unpaired) electrons. The standard InChI is InChI=1S/C14H20BrN3O3/c15-11-8-12(17-9-11)14(21)18-5-2-10(3-6-18)13(20)16-4-1-7-19/h8-10,17,19H,1-7H2,(H,16,20). The maximum Gasteiger partial charge on any atom is 0.270 e. The molecule has 1 aliphatic rings. The molecule has 1 saturated heterocycles. The summed E-state index contributed by atoms with van der Waals surface area (Å²) in [5.41, 5.74) is 0.563. The Morgan fingerprint density at radius 2 is 2.14 bits per heavy atom. The van der Waals surface area contributed by atoms with E-state index >= 15 is 0 Å². The Labute approximate surface area is 132 Å². The van der Waals surface area contributed by atoms with Gasteiger partial charge in [0.1, 0.15) is 5.69 Å². The summed E-state index contributed by atoms with van der Waals surface area (Å²) >= 11 is 3.31. The van der Waals surface area contributed by atoms with Gasteiger partial charge in [0.2, 0.25) is 5.91 Å². The number of aromatic amines is 1. The molecule has 2 heterocycles. The highest BCUT2D eigenvalue weighted by atomic mass is 79.9.